The lowest BCUT2D eigenvalue weighted by atomic mass is 10.3. The maximum Gasteiger partial charge on any atom is 0.234 e. The SMILES string of the molecule is O=C(CSc1nnc(N2CCCC2)n1-c1ccccc1Cl)Nc1ccc2c(c1)OCO2. The fraction of sp³-hybridized carbons (Fsp3) is 0.286. The highest BCUT2D eigenvalue weighted by molar-refractivity contribution is 7.99. The highest BCUT2D eigenvalue weighted by Crippen LogP contribution is 2.35. The number of carbonyl (C=O) groups is 1. The van der Waals surface area contributed by atoms with Crippen LogP contribution in [0.5, 0.6) is 11.5 Å². The molecule has 0 atom stereocenters. The second-order valence-electron chi connectivity index (χ2n) is 7.17. The third kappa shape index (κ3) is 4.15. The number of benzene rings is 2. The molecule has 0 radical (unpaired) electrons. The zero-order valence-corrected chi connectivity index (χ0v) is 18.2. The van der Waals surface area contributed by atoms with Crippen LogP contribution in [0.15, 0.2) is 47.6 Å². The molecule has 2 aliphatic rings. The third-order valence-corrected chi connectivity index (χ3v) is 6.34. The number of nitrogens with one attached hydrogen (secondary N) is 1. The summed E-state index contributed by atoms with van der Waals surface area (Å²) in [7, 11) is 0. The Morgan fingerprint density at radius 1 is 1.10 bits per heavy atom. The highest BCUT2D eigenvalue weighted by Gasteiger charge is 2.24. The van der Waals surface area contributed by atoms with E-state index in [1.165, 1.54) is 11.8 Å². The van der Waals surface area contributed by atoms with Crippen LogP contribution in [0.3, 0.4) is 0 Å². The minimum Gasteiger partial charge on any atom is -0.454 e. The van der Waals surface area contributed by atoms with Gasteiger partial charge < -0.3 is 19.7 Å². The Labute approximate surface area is 188 Å². The number of anilines is 2. The fourth-order valence-electron chi connectivity index (χ4n) is 3.62. The number of carbonyl (C=O) groups excluding carboxylic acids is 1. The van der Waals surface area contributed by atoms with Crippen LogP contribution in [0.4, 0.5) is 11.6 Å². The molecule has 1 fully saturated rings. The molecule has 0 saturated carbocycles. The number of amides is 1. The number of thioether (sulfide) groups is 1. The van der Waals surface area contributed by atoms with E-state index in [2.05, 4.69) is 20.4 Å². The van der Waals surface area contributed by atoms with E-state index in [9.17, 15) is 4.79 Å². The second-order valence-corrected chi connectivity index (χ2v) is 8.52. The predicted molar refractivity (Wildman–Crippen MR) is 120 cm³/mol. The van der Waals surface area contributed by atoms with E-state index in [1.54, 1.807) is 18.2 Å². The molecule has 0 aliphatic carbocycles. The van der Waals surface area contributed by atoms with E-state index >= 15 is 0 Å². The Morgan fingerprint density at radius 3 is 2.74 bits per heavy atom. The third-order valence-electron chi connectivity index (χ3n) is 5.09. The van der Waals surface area contributed by atoms with Crippen LogP contribution in [0.25, 0.3) is 5.69 Å². The van der Waals surface area contributed by atoms with Crippen LogP contribution >= 0.6 is 23.4 Å². The van der Waals surface area contributed by atoms with Gasteiger partial charge in [-0.15, -0.1) is 10.2 Å². The lowest BCUT2D eigenvalue weighted by Crippen LogP contribution is -2.22. The van der Waals surface area contributed by atoms with Gasteiger partial charge in [0.15, 0.2) is 16.7 Å². The smallest absolute Gasteiger partial charge is 0.234 e. The van der Waals surface area contributed by atoms with Gasteiger partial charge in [-0.2, -0.15) is 0 Å². The summed E-state index contributed by atoms with van der Waals surface area (Å²) in [5.41, 5.74) is 1.45. The number of rotatable bonds is 6. The molecule has 10 heteroatoms. The normalized spacial score (nSPS) is 14.8. The van der Waals surface area contributed by atoms with Gasteiger partial charge >= 0.3 is 0 Å². The van der Waals surface area contributed by atoms with Crippen molar-refractivity contribution in [2.75, 3.05) is 35.9 Å². The van der Waals surface area contributed by atoms with Gasteiger partial charge in [0.2, 0.25) is 18.6 Å². The summed E-state index contributed by atoms with van der Waals surface area (Å²) < 4.78 is 12.6. The first-order chi connectivity index (χ1) is 15.2. The molecular formula is C21H20ClN5O3S. The summed E-state index contributed by atoms with van der Waals surface area (Å²) in [6.07, 6.45) is 2.24. The zero-order valence-electron chi connectivity index (χ0n) is 16.6. The molecule has 3 aromatic rings. The number of aromatic nitrogens is 3. The van der Waals surface area contributed by atoms with Crippen molar-refractivity contribution in [1.82, 2.24) is 14.8 Å². The molecule has 1 N–H and O–H groups in total. The molecule has 1 aromatic heterocycles. The van der Waals surface area contributed by atoms with Gasteiger partial charge in [-0.1, -0.05) is 35.5 Å². The van der Waals surface area contributed by atoms with Crippen molar-refractivity contribution in [1.29, 1.82) is 0 Å². The number of hydrogen-bond donors (Lipinski definition) is 1. The van der Waals surface area contributed by atoms with Gasteiger partial charge in [-0.25, -0.2) is 0 Å². The van der Waals surface area contributed by atoms with Gasteiger partial charge in [-0.3, -0.25) is 9.36 Å². The molecule has 31 heavy (non-hydrogen) atoms. The molecule has 2 aromatic carbocycles. The van der Waals surface area contributed by atoms with Crippen molar-refractivity contribution in [3.63, 3.8) is 0 Å². The molecule has 3 heterocycles. The Balaban J connectivity index is 1.34. The zero-order chi connectivity index (χ0) is 21.2. The number of fused-ring (bicyclic) bond motifs is 1. The largest absolute Gasteiger partial charge is 0.454 e. The lowest BCUT2D eigenvalue weighted by Gasteiger charge is -2.19. The van der Waals surface area contributed by atoms with Crippen molar-refractivity contribution in [2.24, 2.45) is 0 Å². The monoisotopic (exact) mass is 457 g/mol. The molecule has 160 valence electrons. The standard InChI is InChI=1S/C21H20ClN5O3S/c22-15-5-1-2-6-16(15)27-20(26-9-3-4-10-26)24-25-21(27)31-12-19(28)23-14-7-8-17-18(11-14)30-13-29-17/h1-2,5-8,11H,3-4,9-10,12-13H2,(H,23,28). The van der Waals surface area contributed by atoms with Crippen LogP contribution in [0.1, 0.15) is 12.8 Å². The van der Waals surface area contributed by atoms with E-state index in [1.807, 2.05) is 28.8 Å². The minimum absolute atomic E-state index is 0.153. The minimum atomic E-state index is -0.153. The summed E-state index contributed by atoms with van der Waals surface area (Å²) in [6.45, 7) is 2.05. The molecule has 8 nitrogen and oxygen atoms in total. The van der Waals surface area contributed by atoms with Crippen molar-refractivity contribution >= 4 is 40.9 Å². The first-order valence-electron chi connectivity index (χ1n) is 9.96. The predicted octanol–water partition coefficient (Wildman–Crippen LogP) is 3.98. The number of ether oxygens (including phenoxy) is 2. The van der Waals surface area contributed by atoms with Gasteiger partial charge in [0.25, 0.3) is 0 Å². The Hall–Kier alpha value is -2.91. The molecule has 1 saturated heterocycles. The molecule has 5 rings (SSSR count). The van der Waals surface area contributed by atoms with Crippen molar-refractivity contribution in [2.45, 2.75) is 18.0 Å². The van der Waals surface area contributed by atoms with Gasteiger partial charge in [-0.05, 0) is 37.1 Å². The van der Waals surface area contributed by atoms with E-state index in [0.29, 0.717) is 27.4 Å². The Kier molecular flexibility index (Phi) is 5.61. The maximum absolute atomic E-state index is 12.6. The Morgan fingerprint density at radius 2 is 1.90 bits per heavy atom. The van der Waals surface area contributed by atoms with Gasteiger partial charge in [0.1, 0.15) is 0 Å². The maximum atomic E-state index is 12.6. The number of para-hydroxylation sites is 1. The van der Waals surface area contributed by atoms with E-state index in [0.717, 1.165) is 37.6 Å². The summed E-state index contributed by atoms with van der Waals surface area (Å²) >= 11 is 7.80. The van der Waals surface area contributed by atoms with Crippen molar-refractivity contribution < 1.29 is 14.3 Å². The second kappa shape index (κ2) is 8.68. The molecule has 1 amide bonds. The van der Waals surface area contributed by atoms with Crippen LogP contribution in [0, 0.1) is 0 Å². The molecule has 0 spiro atoms. The number of nitrogens with zero attached hydrogens (tertiary/aromatic N) is 4. The number of hydrogen-bond acceptors (Lipinski definition) is 7. The van der Waals surface area contributed by atoms with Crippen molar-refractivity contribution in [3.8, 4) is 17.2 Å². The quantitative estimate of drug-likeness (QED) is 0.560. The number of halogens is 1. The first kappa shape index (κ1) is 20.0. The van der Waals surface area contributed by atoms with Crippen LogP contribution in [-0.2, 0) is 4.79 Å². The van der Waals surface area contributed by atoms with Crippen LogP contribution in [0.2, 0.25) is 5.02 Å². The summed E-state index contributed by atoms with van der Waals surface area (Å²) in [4.78, 5) is 14.8. The van der Waals surface area contributed by atoms with Gasteiger partial charge in [0.05, 0.1) is 16.5 Å². The fourth-order valence-corrected chi connectivity index (χ4v) is 4.58. The molecular weight excluding hydrogens is 438 g/mol. The topological polar surface area (TPSA) is 81.5 Å². The van der Waals surface area contributed by atoms with E-state index in [4.69, 9.17) is 21.1 Å². The summed E-state index contributed by atoms with van der Waals surface area (Å²) in [5.74, 6) is 2.08. The molecule has 0 unspecified atom stereocenters. The van der Waals surface area contributed by atoms with E-state index in [-0.39, 0.29) is 18.5 Å². The highest BCUT2D eigenvalue weighted by atomic mass is 35.5. The summed E-state index contributed by atoms with van der Waals surface area (Å²) in [5, 5.41) is 12.9. The molecule has 0 bridgehead atoms. The van der Waals surface area contributed by atoms with E-state index < -0.39 is 0 Å². The van der Waals surface area contributed by atoms with Crippen LogP contribution < -0.4 is 19.7 Å². The van der Waals surface area contributed by atoms with Crippen molar-refractivity contribution in [3.05, 3.63) is 47.5 Å². The first-order valence-corrected chi connectivity index (χ1v) is 11.3. The summed E-state index contributed by atoms with van der Waals surface area (Å²) in [6, 6.07) is 12.9. The Bertz CT molecular complexity index is 1120. The average Bonchev–Trinajstić information content (AvgIpc) is 3.52. The molecule has 2 aliphatic heterocycles. The average molecular weight is 458 g/mol. The lowest BCUT2D eigenvalue weighted by molar-refractivity contribution is -0.113. The van der Waals surface area contributed by atoms with Gasteiger partial charge in [0, 0.05) is 24.8 Å². The van der Waals surface area contributed by atoms with Crippen LogP contribution in [-0.4, -0.2) is 46.3 Å².